The Hall–Kier alpha value is -2.34. The molecule has 0 aromatic heterocycles. The summed E-state index contributed by atoms with van der Waals surface area (Å²) in [6.07, 6.45) is 2.01. The van der Waals surface area contributed by atoms with E-state index in [1.54, 1.807) is 25.3 Å². The lowest BCUT2D eigenvalue weighted by Crippen LogP contribution is -2.41. The maximum absolute atomic E-state index is 13.0. The average molecular weight is 417 g/mol. The number of amides is 2. The molecule has 26 heavy (non-hydrogen) atoms. The Bertz CT molecular complexity index is 789. The highest BCUT2D eigenvalue weighted by molar-refractivity contribution is 9.10. The number of rotatable bonds is 5. The van der Waals surface area contributed by atoms with Crippen molar-refractivity contribution < 1.29 is 14.3 Å². The summed E-state index contributed by atoms with van der Waals surface area (Å²) in [6, 6.07) is 13.8. The third-order valence-electron chi connectivity index (χ3n) is 4.49. The Morgan fingerprint density at radius 3 is 2.42 bits per heavy atom. The summed E-state index contributed by atoms with van der Waals surface area (Å²) in [4.78, 5) is 27.5. The van der Waals surface area contributed by atoms with E-state index in [-0.39, 0.29) is 11.8 Å². The second-order valence-corrected chi connectivity index (χ2v) is 7.05. The number of benzene rings is 2. The maximum atomic E-state index is 13.0. The molecular formula is C20H21BrN2O3. The van der Waals surface area contributed by atoms with Crippen molar-refractivity contribution in [3.05, 3.63) is 64.1 Å². The predicted octanol–water partition coefficient (Wildman–Crippen LogP) is 3.55. The van der Waals surface area contributed by atoms with Gasteiger partial charge in [0.1, 0.15) is 11.8 Å². The SMILES string of the molecule is COc1ccc(C(=O)N[C@H](C(=O)N2CCCC2)c2ccccc2)cc1Br. The molecule has 3 rings (SSSR count). The van der Waals surface area contributed by atoms with E-state index in [2.05, 4.69) is 21.2 Å². The van der Waals surface area contributed by atoms with Gasteiger partial charge in [0, 0.05) is 18.7 Å². The molecule has 0 aliphatic carbocycles. The molecule has 1 heterocycles. The van der Waals surface area contributed by atoms with E-state index in [4.69, 9.17) is 4.74 Å². The Morgan fingerprint density at radius 2 is 1.81 bits per heavy atom. The van der Waals surface area contributed by atoms with Gasteiger partial charge in [-0.25, -0.2) is 0 Å². The Kier molecular flexibility index (Phi) is 5.93. The highest BCUT2D eigenvalue weighted by Gasteiger charge is 2.29. The van der Waals surface area contributed by atoms with Gasteiger partial charge in [-0.2, -0.15) is 0 Å². The molecule has 0 radical (unpaired) electrons. The van der Waals surface area contributed by atoms with Crippen molar-refractivity contribution in [1.29, 1.82) is 0 Å². The second kappa shape index (κ2) is 8.36. The van der Waals surface area contributed by atoms with E-state index >= 15 is 0 Å². The van der Waals surface area contributed by atoms with Crippen LogP contribution in [0.3, 0.4) is 0 Å². The van der Waals surface area contributed by atoms with Gasteiger partial charge in [-0.05, 0) is 52.5 Å². The molecule has 0 bridgehead atoms. The van der Waals surface area contributed by atoms with Crippen molar-refractivity contribution in [2.45, 2.75) is 18.9 Å². The summed E-state index contributed by atoms with van der Waals surface area (Å²) < 4.78 is 5.89. The number of nitrogens with one attached hydrogen (secondary N) is 1. The number of methoxy groups -OCH3 is 1. The number of hydrogen-bond donors (Lipinski definition) is 1. The van der Waals surface area contributed by atoms with Gasteiger partial charge in [0.15, 0.2) is 0 Å². The van der Waals surface area contributed by atoms with Crippen LogP contribution in [0.1, 0.15) is 34.8 Å². The van der Waals surface area contributed by atoms with Crippen LogP contribution in [0.5, 0.6) is 5.75 Å². The first-order valence-electron chi connectivity index (χ1n) is 8.58. The molecule has 1 fully saturated rings. The molecule has 136 valence electrons. The summed E-state index contributed by atoms with van der Waals surface area (Å²) in [6.45, 7) is 1.48. The molecule has 6 heteroatoms. The van der Waals surface area contributed by atoms with Crippen molar-refractivity contribution in [3.8, 4) is 5.75 Å². The molecule has 2 amide bonds. The zero-order chi connectivity index (χ0) is 18.5. The molecule has 1 aliphatic rings. The van der Waals surface area contributed by atoms with Crippen LogP contribution in [0.4, 0.5) is 0 Å². The third-order valence-corrected chi connectivity index (χ3v) is 5.11. The number of halogens is 1. The Morgan fingerprint density at radius 1 is 1.12 bits per heavy atom. The monoisotopic (exact) mass is 416 g/mol. The Balaban J connectivity index is 1.84. The highest BCUT2D eigenvalue weighted by atomic mass is 79.9. The summed E-state index contributed by atoms with van der Waals surface area (Å²) >= 11 is 3.39. The van der Waals surface area contributed by atoms with Gasteiger partial charge in [0.05, 0.1) is 11.6 Å². The van der Waals surface area contributed by atoms with Gasteiger partial charge in [-0.3, -0.25) is 9.59 Å². The number of carbonyl (C=O) groups is 2. The zero-order valence-corrected chi connectivity index (χ0v) is 16.2. The number of hydrogen-bond acceptors (Lipinski definition) is 3. The molecule has 1 atom stereocenters. The Labute approximate surface area is 161 Å². The summed E-state index contributed by atoms with van der Waals surface area (Å²) in [5.41, 5.74) is 1.25. The minimum Gasteiger partial charge on any atom is -0.496 e. The van der Waals surface area contributed by atoms with Crippen molar-refractivity contribution >= 4 is 27.7 Å². The first kappa shape index (κ1) is 18.5. The van der Waals surface area contributed by atoms with Crippen molar-refractivity contribution in [2.75, 3.05) is 20.2 Å². The van der Waals surface area contributed by atoms with Crippen LogP contribution < -0.4 is 10.1 Å². The molecule has 0 saturated carbocycles. The molecule has 2 aromatic rings. The smallest absolute Gasteiger partial charge is 0.252 e. The summed E-state index contributed by atoms with van der Waals surface area (Å²) in [5, 5.41) is 2.90. The quantitative estimate of drug-likeness (QED) is 0.810. The van der Waals surface area contributed by atoms with Gasteiger partial charge in [0.2, 0.25) is 5.91 Å². The number of carbonyl (C=O) groups excluding carboxylic acids is 2. The fourth-order valence-corrected chi connectivity index (χ4v) is 3.62. The van der Waals surface area contributed by atoms with Crippen molar-refractivity contribution in [1.82, 2.24) is 10.2 Å². The standard InChI is InChI=1S/C20H21BrN2O3/c1-26-17-10-9-15(13-16(17)21)19(24)22-18(14-7-3-2-4-8-14)20(25)23-11-5-6-12-23/h2-4,7-10,13,18H,5-6,11-12H2,1H3,(H,22,24)/t18-/m0/s1. The molecule has 0 unspecified atom stereocenters. The number of ether oxygens (including phenoxy) is 1. The van der Waals surface area contributed by atoms with Gasteiger partial charge in [-0.1, -0.05) is 30.3 Å². The van der Waals surface area contributed by atoms with Crippen LogP contribution in [0.2, 0.25) is 0 Å². The minimum atomic E-state index is -0.692. The van der Waals surface area contributed by atoms with E-state index < -0.39 is 6.04 Å². The molecular weight excluding hydrogens is 396 g/mol. The molecule has 0 spiro atoms. The van der Waals surface area contributed by atoms with Crippen LogP contribution in [0.15, 0.2) is 53.0 Å². The lowest BCUT2D eigenvalue weighted by atomic mass is 10.0. The van der Waals surface area contributed by atoms with E-state index in [1.807, 2.05) is 35.2 Å². The normalized spacial score (nSPS) is 14.8. The van der Waals surface area contributed by atoms with E-state index in [1.165, 1.54) is 0 Å². The van der Waals surface area contributed by atoms with Gasteiger partial charge in [-0.15, -0.1) is 0 Å². The fraction of sp³-hybridized carbons (Fsp3) is 0.300. The first-order valence-corrected chi connectivity index (χ1v) is 9.37. The third kappa shape index (κ3) is 4.07. The largest absolute Gasteiger partial charge is 0.496 e. The number of likely N-dealkylation sites (tertiary alicyclic amines) is 1. The van der Waals surface area contributed by atoms with E-state index in [9.17, 15) is 9.59 Å². The predicted molar refractivity (Wildman–Crippen MR) is 103 cm³/mol. The second-order valence-electron chi connectivity index (χ2n) is 6.20. The van der Waals surface area contributed by atoms with Crippen LogP contribution in [-0.4, -0.2) is 36.9 Å². The first-order chi connectivity index (χ1) is 12.6. The van der Waals surface area contributed by atoms with E-state index in [0.717, 1.165) is 31.5 Å². The van der Waals surface area contributed by atoms with Crippen LogP contribution in [-0.2, 0) is 4.79 Å². The molecule has 1 aliphatic heterocycles. The van der Waals surface area contributed by atoms with Crippen LogP contribution >= 0.6 is 15.9 Å². The number of nitrogens with zero attached hydrogens (tertiary/aromatic N) is 1. The minimum absolute atomic E-state index is 0.0605. The van der Waals surface area contributed by atoms with Gasteiger partial charge < -0.3 is 15.0 Å². The zero-order valence-electron chi connectivity index (χ0n) is 14.6. The summed E-state index contributed by atoms with van der Waals surface area (Å²) in [5.74, 6) is 0.290. The van der Waals surface area contributed by atoms with Crippen LogP contribution in [0, 0.1) is 0 Å². The maximum Gasteiger partial charge on any atom is 0.252 e. The fourth-order valence-electron chi connectivity index (χ4n) is 3.08. The van der Waals surface area contributed by atoms with Gasteiger partial charge in [0.25, 0.3) is 5.91 Å². The van der Waals surface area contributed by atoms with Crippen LogP contribution in [0.25, 0.3) is 0 Å². The lowest BCUT2D eigenvalue weighted by Gasteiger charge is -2.24. The molecule has 1 saturated heterocycles. The average Bonchev–Trinajstić information content (AvgIpc) is 3.21. The highest BCUT2D eigenvalue weighted by Crippen LogP contribution is 2.26. The van der Waals surface area contributed by atoms with Crippen molar-refractivity contribution in [2.24, 2.45) is 0 Å². The summed E-state index contributed by atoms with van der Waals surface area (Å²) in [7, 11) is 1.57. The van der Waals surface area contributed by atoms with E-state index in [0.29, 0.717) is 15.8 Å². The molecule has 1 N–H and O–H groups in total. The molecule has 2 aromatic carbocycles. The van der Waals surface area contributed by atoms with Crippen molar-refractivity contribution in [3.63, 3.8) is 0 Å². The lowest BCUT2D eigenvalue weighted by molar-refractivity contribution is -0.132. The topological polar surface area (TPSA) is 58.6 Å². The van der Waals surface area contributed by atoms with Gasteiger partial charge >= 0.3 is 0 Å². The molecule has 5 nitrogen and oxygen atoms in total.